The van der Waals surface area contributed by atoms with Crippen LogP contribution in [-0.2, 0) is 0 Å². The summed E-state index contributed by atoms with van der Waals surface area (Å²) >= 11 is 3.32. The highest BCUT2D eigenvalue weighted by molar-refractivity contribution is 9.10. The van der Waals surface area contributed by atoms with E-state index in [2.05, 4.69) is 21.4 Å². The van der Waals surface area contributed by atoms with E-state index >= 15 is 0 Å². The smallest absolute Gasteiger partial charge is 0.140 e. The molecule has 0 spiro atoms. The maximum absolute atomic E-state index is 13.6. The first-order valence-electron chi connectivity index (χ1n) is 4.67. The fraction of sp³-hybridized carbons (Fsp3) is 0.0909. The van der Waals surface area contributed by atoms with Gasteiger partial charge in [0, 0.05) is 5.56 Å². The summed E-state index contributed by atoms with van der Waals surface area (Å²) in [4.78, 5) is 0. The number of rotatable bonds is 3. The molecule has 1 heterocycles. The Bertz CT molecular complexity index is 486. The number of halogens is 2. The Morgan fingerprint density at radius 2 is 2.06 bits per heavy atom. The van der Waals surface area contributed by atoms with Crippen molar-refractivity contribution in [3.63, 3.8) is 0 Å². The number of benzene rings is 1. The zero-order valence-electron chi connectivity index (χ0n) is 8.28. The van der Waals surface area contributed by atoms with Crippen LogP contribution in [0.4, 0.5) is 4.39 Å². The van der Waals surface area contributed by atoms with Crippen molar-refractivity contribution >= 4 is 15.9 Å². The van der Waals surface area contributed by atoms with Gasteiger partial charge in [0.2, 0.25) is 0 Å². The molecule has 0 aliphatic heterocycles. The van der Waals surface area contributed by atoms with E-state index in [0.29, 0.717) is 11.3 Å². The second-order valence-corrected chi connectivity index (χ2v) is 4.11. The van der Waals surface area contributed by atoms with Gasteiger partial charge in [0.25, 0.3) is 0 Å². The molecule has 1 atom stereocenters. The summed E-state index contributed by atoms with van der Waals surface area (Å²) in [5.74, 6) is 5.66. The van der Waals surface area contributed by atoms with Gasteiger partial charge >= 0.3 is 0 Å². The molecule has 3 N–H and O–H groups in total. The number of hydrogen-bond donors (Lipinski definition) is 2. The third-order valence-electron chi connectivity index (χ3n) is 2.29. The molecule has 1 unspecified atom stereocenters. The third-order valence-corrected chi connectivity index (χ3v) is 2.94. The van der Waals surface area contributed by atoms with Crippen LogP contribution in [0.25, 0.3) is 0 Å². The normalized spacial score (nSPS) is 12.7. The molecule has 2 rings (SSSR count). The molecule has 0 amide bonds. The van der Waals surface area contributed by atoms with Crippen molar-refractivity contribution in [2.45, 2.75) is 6.04 Å². The Hall–Kier alpha value is -1.17. The molecule has 0 aliphatic rings. The second-order valence-electron chi connectivity index (χ2n) is 3.25. The van der Waals surface area contributed by atoms with Crippen LogP contribution in [0.15, 0.2) is 45.5 Å². The molecule has 0 fully saturated rings. The van der Waals surface area contributed by atoms with Gasteiger partial charge in [0.1, 0.15) is 17.6 Å². The highest BCUT2D eigenvalue weighted by Gasteiger charge is 2.21. The van der Waals surface area contributed by atoms with Crippen LogP contribution in [0.1, 0.15) is 17.4 Å². The number of furan rings is 1. The summed E-state index contributed by atoms with van der Waals surface area (Å²) in [5.41, 5.74) is 2.98. The van der Waals surface area contributed by atoms with Gasteiger partial charge in [-0.2, -0.15) is 0 Å². The monoisotopic (exact) mass is 284 g/mol. The highest BCUT2D eigenvalue weighted by Crippen LogP contribution is 2.30. The molecular formula is C11H10BrFN2O. The molecule has 3 nitrogen and oxygen atoms in total. The summed E-state index contributed by atoms with van der Waals surface area (Å²) in [5, 5.41) is 0. The number of nitrogens with one attached hydrogen (secondary N) is 1. The van der Waals surface area contributed by atoms with Crippen LogP contribution >= 0.6 is 15.9 Å². The quantitative estimate of drug-likeness (QED) is 0.673. The van der Waals surface area contributed by atoms with Crippen molar-refractivity contribution in [1.29, 1.82) is 0 Å². The predicted molar refractivity (Wildman–Crippen MR) is 62.0 cm³/mol. The molecule has 0 saturated carbocycles. The van der Waals surface area contributed by atoms with Crippen molar-refractivity contribution in [2.75, 3.05) is 0 Å². The highest BCUT2D eigenvalue weighted by atomic mass is 79.9. The first-order valence-corrected chi connectivity index (χ1v) is 5.46. The van der Waals surface area contributed by atoms with Crippen LogP contribution in [0.2, 0.25) is 0 Å². The van der Waals surface area contributed by atoms with E-state index in [1.54, 1.807) is 24.3 Å². The molecule has 0 aliphatic carbocycles. The first-order chi connectivity index (χ1) is 7.74. The molecule has 1 aromatic carbocycles. The summed E-state index contributed by atoms with van der Waals surface area (Å²) in [6.07, 6.45) is 1.52. The average molecular weight is 285 g/mol. The van der Waals surface area contributed by atoms with Gasteiger partial charge in [-0.1, -0.05) is 18.2 Å². The molecule has 0 bridgehead atoms. The molecule has 16 heavy (non-hydrogen) atoms. The van der Waals surface area contributed by atoms with Gasteiger partial charge in [-0.15, -0.1) is 0 Å². The van der Waals surface area contributed by atoms with Gasteiger partial charge in [0.05, 0.1) is 10.7 Å². The maximum atomic E-state index is 13.6. The Morgan fingerprint density at radius 3 is 2.62 bits per heavy atom. The van der Waals surface area contributed by atoms with Gasteiger partial charge in [-0.05, 0) is 28.1 Å². The Balaban J connectivity index is 2.45. The fourth-order valence-corrected chi connectivity index (χ4v) is 1.96. The van der Waals surface area contributed by atoms with Crippen molar-refractivity contribution in [1.82, 2.24) is 5.43 Å². The lowest BCUT2D eigenvalue weighted by Crippen LogP contribution is -2.29. The lowest BCUT2D eigenvalue weighted by molar-refractivity contribution is 0.439. The number of nitrogens with two attached hydrogens (primary N) is 1. The predicted octanol–water partition coefficient (Wildman–Crippen LogP) is 2.73. The molecule has 2 aromatic rings. The van der Waals surface area contributed by atoms with E-state index in [4.69, 9.17) is 10.3 Å². The number of hydrogen-bond acceptors (Lipinski definition) is 3. The van der Waals surface area contributed by atoms with Crippen molar-refractivity contribution in [3.8, 4) is 0 Å². The molecular weight excluding hydrogens is 275 g/mol. The van der Waals surface area contributed by atoms with E-state index in [9.17, 15) is 4.39 Å². The lowest BCUT2D eigenvalue weighted by atomic mass is 10.0. The minimum Gasteiger partial charge on any atom is -0.466 e. The summed E-state index contributed by atoms with van der Waals surface area (Å²) in [6.45, 7) is 0. The largest absolute Gasteiger partial charge is 0.466 e. The Kier molecular flexibility index (Phi) is 3.38. The van der Waals surface area contributed by atoms with Gasteiger partial charge in [0.15, 0.2) is 0 Å². The van der Waals surface area contributed by atoms with Crippen molar-refractivity contribution in [2.24, 2.45) is 5.84 Å². The second kappa shape index (κ2) is 4.78. The van der Waals surface area contributed by atoms with E-state index in [0.717, 1.165) is 4.47 Å². The summed E-state index contributed by atoms with van der Waals surface area (Å²) in [6, 6.07) is 7.65. The van der Waals surface area contributed by atoms with Crippen LogP contribution < -0.4 is 11.3 Å². The zero-order chi connectivity index (χ0) is 11.5. The standard InChI is InChI=1S/C11H10BrFN2O/c12-8-5-6-16-11(8)10(15-14)7-3-1-2-4-9(7)13/h1-6,10,15H,14H2. The minimum absolute atomic E-state index is 0.325. The van der Waals surface area contributed by atoms with E-state index in [-0.39, 0.29) is 5.82 Å². The summed E-state index contributed by atoms with van der Waals surface area (Å²) < 4.78 is 19.6. The van der Waals surface area contributed by atoms with Crippen LogP contribution in [0.5, 0.6) is 0 Å². The summed E-state index contributed by atoms with van der Waals surface area (Å²) in [7, 11) is 0. The van der Waals surface area contributed by atoms with E-state index in [1.807, 2.05) is 0 Å². The fourth-order valence-electron chi connectivity index (χ4n) is 1.53. The van der Waals surface area contributed by atoms with Crippen molar-refractivity contribution in [3.05, 3.63) is 58.2 Å². The van der Waals surface area contributed by atoms with Crippen LogP contribution in [0.3, 0.4) is 0 Å². The molecule has 5 heteroatoms. The first kappa shape index (κ1) is 11.3. The minimum atomic E-state index is -0.509. The van der Waals surface area contributed by atoms with E-state index < -0.39 is 6.04 Å². The zero-order valence-corrected chi connectivity index (χ0v) is 9.87. The molecule has 0 radical (unpaired) electrons. The molecule has 1 aromatic heterocycles. The third kappa shape index (κ3) is 2.02. The van der Waals surface area contributed by atoms with Gasteiger partial charge in [-0.3, -0.25) is 5.84 Å². The van der Waals surface area contributed by atoms with Gasteiger partial charge in [-0.25, -0.2) is 9.82 Å². The number of hydrazine groups is 1. The SMILES string of the molecule is NNC(c1ccccc1F)c1occc1Br. The topological polar surface area (TPSA) is 51.2 Å². The van der Waals surface area contributed by atoms with Crippen molar-refractivity contribution < 1.29 is 8.81 Å². The van der Waals surface area contributed by atoms with Crippen LogP contribution in [-0.4, -0.2) is 0 Å². The van der Waals surface area contributed by atoms with E-state index in [1.165, 1.54) is 12.3 Å². The van der Waals surface area contributed by atoms with Crippen LogP contribution in [0, 0.1) is 5.82 Å². The lowest BCUT2D eigenvalue weighted by Gasteiger charge is -2.15. The average Bonchev–Trinajstić information content (AvgIpc) is 2.69. The Morgan fingerprint density at radius 1 is 1.31 bits per heavy atom. The molecule has 0 saturated heterocycles. The van der Waals surface area contributed by atoms with Gasteiger partial charge < -0.3 is 4.42 Å². The Labute approximate surface area is 101 Å². The maximum Gasteiger partial charge on any atom is 0.140 e. The molecule has 84 valence electrons.